The zero-order chi connectivity index (χ0) is 18.3. The standard InChI is InChI=1S/C17H23ClN2O3S/c1-5-11-19(12-6-2)17(21)15-13-14(9-10-16(15)18)24(22,23)20(7-3)8-4/h5-6,9-10,13H,1-2,7-8,11-12H2,3-4H3. The van der Waals surface area contributed by atoms with Crippen LogP contribution in [0.5, 0.6) is 0 Å². The molecule has 0 aliphatic heterocycles. The second-order valence-electron chi connectivity index (χ2n) is 5.02. The molecule has 0 saturated heterocycles. The van der Waals surface area contributed by atoms with Gasteiger partial charge in [-0.2, -0.15) is 4.31 Å². The highest BCUT2D eigenvalue weighted by atomic mass is 35.5. The molecule has 0 atom stereocenters. The summed E-state index contributed by atoms with van der Waals surface area (Å²) in [6.45, 7) is 12.1. The van der Waals surface area contributed by atoms with Crippen LogP contribution in [0.4, 0.5) is 0 Å². The Bertz CT molecular complexity index is 703. The molecule has 0 fully saturated rings. The molecule has 0 aliphatic carbocycles. The fraction of sp³-hybridized carbons (Fsp3) is 0.353. The van der Waals surface area contributed by atoms with Crippen LogP contribution >= 0.6 is 11.6 Å². The predicted octanol–water partition coefficient (Wildman–Crippen LogP) is 3.18. The molecule has 0 unspecified atom stereocenters. The number of benzene rings is 1. The number of rotatable bonds is 9. The van der Waals surface area contributed by atoms with E-state index in [-0.39, 0.29) is 21.4 Å². The maximum Gasteiger partial charge on any atom is 0.255 e. The van der Waals surface area contributed by atoms with Gasteiger partial charge in [0.25, 0.3) is 5.91 Å². The molecule has 0 aromatic heterocycles. The minimum atomic E-state index is -3.66. The Morgan fingerprint density at radius 1 is 1.17 bits per heavy atom. The lowest BCUT2D eigenvalue weighted by Crippen LogP contribution is -2.33. The summed E-state index contributed by atoms with van der Waals surface area (Å²) in [6.07, 6.45) is 3.18. The second-order valence-corrected chi connectivity index (χ2v) is 7.36. The first-order chi connectivity index (χ1) is 11.3. The maximum atomic E-state index is 12.7. The average Bonchev–Trinajstić information content (AvgIpc) is 2.55. The van der Waals surface area contributed by atoms with E-state index in [2.05, 4.69) is 13.2 Å². The smallest absolute Gasteiger partial charge is 0.255 e. The molecule has 0 radical (unpaired) electrons. The highest BCUT2D eigenvalue weighted by Gasteiger charge is 2.25. The van der Waals surface area contributed by atoms with E-state index < -0.39 is 10.0 Å². The molecular weight excluding hydrogens is 348 g/mol. The maximum absolute atomic E-state index is 12.7. The van der Waals surface area contributed by atoms with Gasteiger partial charge in [0.15, 0.2) is 0 Å². The van der Waals surface area contributed by atoms with Crippen LogP contribution in [0.25, 0.3) is 0 Å². The quantitative estimate of drug-likeness (QED) is 0.627. The Kier molecular flexibility index (Phi) is 7.66. The monoisotopic (exact) mass is 370 g/mol. The lowest BCUT2D eigenvalue weighted by atomic mass is 10.2. The van der Waals surface area contributed by atoms with E-state index in [4.69, 9.17) is 11.6 Å². The van der Waals surface area contributed by atoms with E-state index in [9.17, 15) is 13.2 Å². The van der Waals surface area contributed by atoms with Crippen LogP contribution in [0.2, 0.25) is 5.02 Å². The van der Waals surface area contributed by atoms with Gasteiger partial charge in [0.2, 0.25) is 10.0 Å². The van der Waals surface area contributed by atoms with Gasteiger partial charge < -0.3 is 4.90 Å². The Morgan fingerprint density at radius 2 is 1.71 bits per heavy atom. The SMILES string of the molecule is C=CCN(CC=C)C(=O)c1cc(S(=O)(=O)N(CC)CC)ccc1Cl. The van der Waals surface area contributed by atoms with Crippen molar-refractivity contribution in [1.82, 2.24) is 9.21 Å². The van der Waals surface area contributed by atoms with Crippen molar-refractivity contribution < 1.29 is 13.2 Å². The molecule has 0 saturated carbocycles. The molecule has 24 heavy (non-hydrogen) atoms. The van der Waals surface area contributed by atoms with Gasteiger partial charge in [0, 0.05) is 26.2 Å². The summed E-state index contributed by atoms with van der Waals surface area (Å²) >= 11 is 6.13. The summed E-state index contributed by atoms with van der Waals surface area (Å²) in [4.78, 5) is 14.2. The van der Waals surface area contributed by atoms with Crippen LogP contribution in [-0.2, 0) is 10.0 Å². The number of hydrogen-bond donors (Lipinski definition) is 0. The van der Waals surface area contributed by atoms with Crippen LogP contribution < -0.4 is 0 Å². The largest absolute Gasteiger partial charge is 0.331 e. The Hall–Kier alpha value is -1.63. The highest BCUT2D eigenvalue weighted by Crippen LogP contribution is 2.24. The van der Waals surface area contributed by atoms with Gasteiger partial charge in [-0.15, -0.1) is 13.2 Å². The van der Waals surface area contributed by atoms with E-state index in [1.807, 2.05) is 0 Å². The minimum absolute atomic E-state index is 0.0520. The summed E-state index contributed by atoms with van der Waals surface area (Å²) < 4.78 is 26.6. The molecule has 0 aliphatic rings. The van der Waals surface area contributed by atoms with Crippen molar-refractivity contribution in [2.75, 3.05) is 26.2 Å². The molecule has 5 nitrogen and oxygen atoms in total. The molecule has 132 valence electrons. The van der Waals surface area contributed by atoms with Crippen LogP contribution in [0.3, 0.4) is 0 Å². The summed E-state index contributed by atoms with van der Waals surface area (Å²) in [6, 6.07) is 4.18. The highest BCUT2D eigenvalue weighted by molar-refractivity contribution is 7.89. The van der Waals surface area contributed by atoms with E-state index >= 15 is 0 Å². The molecule has 0 heterocycles. The molecule has 1 aromatic carbocycles. The molecule has 0 spiro atoms. The zero-order valence-corrected chi connectivity index (χ0v) is 15.6. The summed E-state index contributed by atoms with van der Waals surface area (Å²) in [7, 11) is -3.66. The first-order valence-corrected chi connectivity index (χ1v) is 9.45. The third-order valence-electron chi connectivity index (χ3n) is 3.50. The number of halogens is 1. The van der Waals surface area contributed by atoms with Crippen molar-refractivity contribution in [2.24, 2.45) is 0 Å². The molecule has 1 amide bonds. The van der Waals surface area contributed by atoms with Crippen molar-refractivity contribution in [3.05, 3.63) is 54.1 Å². The van der Waals surface area contributed by atoms with Gasteiger partial charge in [-0.1, -0.05) is 37.6 Å². The summed E-state index contributed by atoms with van der Waals surface area (Å²) in [5.41, 5.74) is 0.147. The van der Waals surface area contributed by atoms with Crippen molar-refractivity contribution >= 4 is 27.5 Å². The lowest BCUT2D eigenvalue weighted by Gasteiger charge is -2.22. The van der Waals surface area contributed by atoms with Crippen molar-refractivity contribution in [1.29, 1.82) is 0 Å². The topological polar surface area (TPSA) is 57.7 Å². The fourth-order valence-electron chi connectivity index (χ4n) is 2.26. The molecule has 0 bridgehead atoms. The third kappa shape index (κ3) is 4.47. The normalized spacial score (nSPS) is 11.3. The van der Waals surface area contributed by atoms with Gasteiger partial charge in [-0.05, 0) is 18.2 Å². The number of sulfonamides is 1. The van der Waals surface area contributed by atoms with E-state index in [0.29, 0.717) is 26.2 Å². The van der Waals surface area contributed by atoms with Crippen LogP contribution in [0.15, 0.2) is 48.4 Å². The lowest BCUT2D eigenvalue weighted by molar-refractivity contribution is 0.0791. The summed E-state index contributed by atoms with van der Waals surface area (Å²) in [5.74, 6) is -0.364. The predicted molar refractivity (Wildman–Crippen MR) is 97.9 cm³/mol. The van der Waals surface area contributed by atoms with Crippen LogP contribution in [0.1, 0.15) is 24.2 Å². The number of carbonyl (C=O) groups excluding carboxylic acids is 1. The molecular formula is C17H23ClN2O3S. The Morgan fingerprint density at radius 3 is 2.17 bits per heavy atom. The van der Waals surface area contributed by atoms with Crippen molar-refractivity contribution in [3.63, 3.8) is 0 Å². The van der Waals surface area contributed by atoms with Gasteiger partial charge in [0.05, 0.1) is 15.5 Å². The molecule has 0 N–H and O–H groups in total. The fourth-order valence-corrected chi connectivity index (χ4v) is 3.95. The molecule has 1 rings (SSSR count). The Balaban J connectivity index is 3.34. The summed E-state index contributed by atoms with van der Waals surface area (Å²) in [5, 5.41) is 0.205. The van der Waals surface area contributed by atoms with E-state index in [0.717, 1.165) is 0 Å². The van der Waals surface area contributed by atoms with Crippen molar-refractivity contribution in [2.45, 2.75) is 18.7 Å². The second kappa shape index (κ2) is 9.01. The van der Waals surface area contributed by atoms with Gasteiger partial charge in [-0.3, -0.25) is 4.79 Å². The third-order valence-corrected chi connectivity index (χ3v) is 5.87. The number of hydrogen-bond acceptors (Lipinski definition) is 3. The van der Waals surface area contributed by atoms with E-state index in [1.165, 1.54) is 27.4 Å². The van der Waals surface area contributed by atoms with Gasteiger partial charge in [0.1, 0.15) is 0 Å². The Labute approximate surface area is 149 Å². The van der Waals surface area contributed by atoms with Crippen LogP contribution in [-0.4, -0.2) is 49.7 Å². The zero-order valence-electron chi connectivity index (χ0n) is 14.0. The first kappa shape index (κ1) is 20.4. The number of carbonyl (C=O) groups is 1. The van der Waals surface area contributed by atoms with Crippen molar-refractivity contribution in [3.8, 4) is 0 Å². The average molecular weight is 371 g/mol. The number of nitrogens with zero attached hydrogens (tertiary/aromatic N) is 2. The van der Waals surface area contributed by atoms with Gasteiger partial charge in [-0.25, -0.2) is 8.42 Å². The van der Waals surface area contributed by atoms with Crippen LogP contribution in [0, 0.1) is 0 Å². The minimum Gasteiger partial charge on any atom is -0.331 e. The number of amides is 1. The van der Waals surface area contributed by atoms with Gasteiger partial charge >= 0.3 is 0 Å². The van der Waals surface area contributed by atoms with E-state index in [1.54, 1.807) is 26.0 Å². The first-order valence-electron chi connectivity index (χ1n) is 7.64. The molecule has 7 heteroatoms. The molecule has 1 aromatic rings.